The minimum absolute atomic E-state index is 0.0166. The molecule has 2 bridgehead atoms. The van der Waals surface area contributed by atoms with E-state index >= 15 is 0 Å². The van der Waals surface area contributed by atoms with Crippen LogP contribution in [0, 0.1) is 11.8 Å². The molecule has 3 fully saturated rings. The van der Waals surface area contributed by atoms with Crippen molar-refractivity contribution in [2.45, 2.75) is 80.9 Å². The zero-order valence-electron chi connectivity index (χ0n) is 21.9. The van der Waals surface area contributed by atoms with Crippen molar-refractivity contribution in [3.8, 4) is 0 Å². The van der Waals surface area contributed by atoms with Crippen molar-refractivity contribution in [3.63, 3.8) is 0 Å². The SMILES string of the molecule is C=CCN(C)C(=O)[C@@H]1[C@H]2C(=O)N(CCCCCCO)C(C(=O)N(CC=C)C(C)(C)C)C23CC[C@H]1S3. The normalized spacial score (nSPS) is 29.3. The van der Waals surface area contributed by atoms with Gasteiger partial charge in [-0.15, -0.1) is 24.9 Å². The van der Waals surface area contributed by atoms with Gasteiger partial charge in [-0.3, -0.25) is 14.4 Å². The molecule has 3 amide bonds. The lowest BCUT2D eigenvalue weighted by Crippen LogP contribution is -2.58. The fourth-order valence-corrected chi connectivity index (χ4v) is 8.42. The molecule has 7 nitrogen and oxygen atoms in total. The summed E-state index contributed by atoms with van der Waals surface area (Å²) in [4.78, 5) is 47.0. The van der Waals surface area contributed by atoms with Crippen LogP contribution in [0.2, 0.25) is 0 Å². The van der Waals surface area contributed by atoms with Crippen LogP contribution in [0.3, 0.4) is 0 Å². The number of thioether (sulfide) groups is 1. The van der Waals surface area contributed by atoms with E-state index in [-0.39, 0.29) is 29.6 Å². The van der Waals surface area contributed by atoms with Crippen LogP contribution in [0.25, 0.3) is 0 Å². The summed E-state index contributed by atoms with van der Waals surface area (Å²) in [6.45, 7) is 15.2. The summed E-state index contributed by atoms with van der Waals surface area (Å²) in [7, 11) is 1.76. The molecule has 196 valence electrons. The Labute approximate surface area is 215 Å². The Morgan fingerprint density at radius 2 is 1.80 bits per heavy atom. The second-order valence-electron chi connectivity index (χ2n) is 11.1. The van der Waals surface area contributed by atoms with E-state index in [1.54, 1.807) is 40.8 Å². The van der Waals surface area contributed by atoms with E-state index in [0.717, 1.165) is 38.5 Å². The lowest BCUT2D eigenvalue weighted by Gasteiger charge is -2.42. The van der Waals surface area contributed by atoms with Gasteiger partial charge in [-0.2, -0.15) is 0 Å². The van der Waals surface area contributed by atoms with E-state index in [9.17, 15) is 14.4 Å². The number of aliphatic hydroxyl groups excluding tert-OH is 1. The molecular formula is C27H43N3O4S. The van der Waals surface area contributed by atoms with Crippen molar-refractivity contribution in [3.05, 3.63) is 25.3 Å². The van der Waals surface area contributed by atoms with Crippen LogP contribution < -0.4 is 0 Å². The van der Waals surface area contributed by atoms with Crippen LogP contribution in [0.4, 0.5) is 0 Å². The van der Waals surface area contributed by atoms with Gasteiger partial charge in [0, 0.05) is 44.1 Å². The number of aliphatic hydroxyl groups is 1. The Kier molecular flexibility index (Phi) is 8.79. The number of fused-ring (bicyclic) bond motifs is 1. The number of hydrogen-bond donors (Lipinski definition) is 1. The predicted molar refractivity (Wildman–Crippen MR) is 141 cm³/mol. The molecule has 3 aliphatic heterocycles. The molecule has 5 atom stereocenters. The summed E-state index contributed by atoms with van der Waals surface area (Å²) in [5, 5.41) is 9.16. The van der Waals surface area contributed by atoms with Gasteiger partial charge in [0.1, 0.15) is 6.04 Å². The topological polar surface area (TPSA) is 81.2 Å². The number of amides is 3. The van der Waals surface area contributed by atoms with Gasteiger partial charge in [-0.1, -0.05) is 25.0 Å². The molecule has 3 aliphatic rings. The highest BCUT2D eigenvalue weighted by Crippen LogP contribution is 2.66. The van der Waals surface area contributed by atoms with Gasteiger partial charge < -0.3 is 19.8 Å². The molecule has 3 heterocycles. The first-order chi connectivity index (χ1) is 16.5. The third-order valence-electron chi connectivity index (χ3n) is 7.79. The Balaban J connectivity index is 1.98. The number of hydrogen-bond acceptors (Lipinski definition) is 5. The zero-order chi connectivity index (χ0) is 26.0. The molecule has 0 saturated carbocycles. The Morgan fingerprint density at radius 1 is 1.14 bits per heavy atom. The third kappa shape index (κ3) is 5.06. The average molecular weight is 506 g/mol. The van der Waals surface area contributed by atoms with Crippen molar-refractivity contribution < 1.29 is 19.5 Å². The lowest BCUT2D eigenvalue weighted by atomic mass is 9.70. The fourth-order valence-electron chi connectivity index (χ4n) is 6.21. The van der Waals surface area contributed by atoms with Crippen molar-refractivity contribution in [2.75, 3.05) is 33.3 Å². The largest absolute Gasteiger partial charge is 0.396 e. The maximum absolute atomic E-state index is 14.2. The van der Waals surface area contributed by atoms with Crippen molar-refractivity contribution in [1.82, 2.24) is 14.7 Å². The minimum Gasteiger partial charge on any atom is -0.396 e. The molecule has 8 heteroatoms. The number of carbonyl (C=O) groups excluding carboxylic acids is 3. The van der Waals surface area contributed by atoms with Crippen LogP contribution in [-0.4, -0.2) is 92.4 Å². The summed E-state index contributed by atoms with van der Waals surface area (Å²) in [6.07, 6.45) is 8.35. The monoisotopic (exact) mass is 505 g/mol. The van der Waals surface area contributed by atoms with Gasteiger partial charge in [0.25, 0.3) is 0 Å². The molecule has 0 aromatic heterocycles. The number of unbranched alkanes of at least 4 members (excludes halogenated alkanes) is 3. The number of nitrogens with zero attached hydrogens (tertiary/aromatic N) is 3. The van der Waals surface area contributed by atoms with Crippen molar-refractivity contribution >= 4 is 29.5 Å². The van der Waals surface area contributed by atoms with Crippen LogP contribution in [0.5, 0.6) is 0 Å². The van der Waals surface area contributed by atoms with E-state index in [1.165, 1.54) is 0 Å². The molecular weight excluding hydrogens is 462 g/mol. The first-order valence-electron chi connectivity index (χ1n) is 12.9. The smallest absolute Gasteiger partial charge is 0.247 e. The summed E-state index contributed by atoms with van der Waals surface area (Å²) in [5.74, 6) is -0.967. The lowest BCUT2D eigenvalue weighted by molar-refractivity contribution is -0.146. The number of likely N-dealkylation sites (tertiary alicyclic amines) is 1. The quantitative estimate of drug-likeness (QED) is 0.326. The Bertz CT molecular complexity index is 841. The van der Waals surface area contributed by atoms with Gasteiger partial charge in [0.05, 0.1) is 16.6 Å². The summed E-state index contributed by atoms with van der Waals surface area (Å²) < 4.78 is -0.566. The fraction of sp³-hybridized carbons (Fsp3) is 0.741. The maximum atomic E-state index is 14.2. The standard InChI is InChI=1S/C27H43N3O4S/c1-7-15-28(6)23(32)20-19-13-14-27(35-19)21(20)24(33)29(17-11-9-10-12-18-31)22(27)25(34)30(16-8-2)26(3,4)5/h7-8,19-22,31H,1-2,9-18H2,3-6H3/t19-,20+,21+,22?,27?/m1/s1. The first kappa shape index (κ1) is 27.8. The van der Waals surface area contributed by atoms with E-state index in [4.69, 9.17) is 5.11 Å². The summed E-state index contributed by atoms with van der Waals surface area (Å²) in [6, 6.07) is -0.575. The molecule has 0 aromatic carbocycles. The molecule has 1 N–H and O–H groups in total. The van der Waals surface area contributed by atoms with Crippen LogP contribution >= 0.6 is 11.8 Å². The van der Waals surface area contributed by atoms with Crippen molar-refractivity contribution in [1.29, 1.82) is 0 Å². The second-order valence-corrected chi connectivity index (χ2v) is 12.7. The molecule has 1 spiro atoms. The van der Waals surface area contributed by atoms with Crippen LogP contribution in [-0.2, 0) is 14.4 Å². The van der Waals surface area contributed by atoms with E-state index in [1.807, 2.05) is 25.7 Å². The van der Waals surface area contributed by atoms with Gasteiger partial charge in [-0.05, 0) is 46.5 Å². The molecule has 3 rings (SSSR count). The molecule has 0 aromatic rings. The van der Waals surface area contributed by atoms with Gasteiger partial charge >= 0.3 is 0 Å². The summed E-state index contributed by atoms with van der Waals surface area (Å²) in [5.41, 5.74) is -0.420. The second kappa shape index (κ2) is 11.1. The molecule has 2 unspecified atom stereocenters. The number of carbonyl (C=O) groups is 3. The van der Waals surface area contributed by atoms with Crippen molar-refractivity contribution in [2.24, 2.45) is 11.8 Å². The third-order valence-corrected chi connectivity index (χ3v) is 9.74. The first-order valence-corrected chi connectivity index (χ1v) is 13.8. The summed E-state index contributed by atoms with van der Waals surface area (Å²) >= 11 is 1.72. The predicted octanol–water partition coefficient (Wildman–Crippen LogP) is 3.09. The highest BCUT2D eigenvalue weighted by atomic mass is 32.2. The minimum atomic E-state index is -0.575. The number of likely N-dealkylation sites (N-methyl/N-ethyl adjacent to an activating group) is 1. The molecule has 0 radical (unpaired) electrons. The Hall–Kier alpha value is -1.80. The highest BCUT2D eigenvalue weighted by Gasteiger charge is 2.74. The maximum Gasteiger partial charge on any atom is 0.247 e. The van der Waals surface area contributed by atoms with Gasteiger partial charge in [-0.25, -0.2) is 0 Å². The van der Waals surface area contributed by atoms with Crippen LogP contribution in [0.15, 0.2) is 25.3 Å². The average Bonchev–Trinajstić information content (AvgIpc) is 3.43. The Morgan fingerprint density at radius 3 is 2.40 bits per heavy atom. The molecule has 0 aliphatic carbocycles. The zero-order valence-corrected chi connectivity index (χ0v) is 22.7. The number of rotatable bonds is 12. The van der Waals surface area contributed by atoms with Gasteiger partial charge in [0.2, 0.25) is 17.7 Å². The van der Waals surface area contributed by atoms with E-state index in [2.05, 4.69) is 13.2 Å². The molecule has 35 heavy (non-hydrogen) atoms. The van der Waals surface area contributed by atoms with E-state index in [0.29, 0.717) is 19.6 Å². The molecule has 3 saturated heterocycles. The highest BCUT2D eigenvalue weighted by molar-refractivity contribution is 8.02. The van der Waals surface area contributed by atoms with E-state index < -0.39 is 28.2 Å². The van der Waals surface area contributed by atoms with Crippen LogP contribution in [0.1, 0.15) is 59.3 Å². The van der Waals surface area contributed by atoms with Gasteiger partial charge in [0.15, 0.2) is 0 Å².